The summed E-state index contributed by atoms with van der Waals surface area (Å²) < 4.78 is 0. The van der Waals surface area contributed by atoms with Crippen molar-refractivity contribution in [1.29, 1.82) is 0 Å². The molecule has 0 spiro atoms. The van der Waals surface area contributed by atoms with Crippen LogP contribution >= 0.6 is 12.6 Å². The highest BCUT2D eigenvalue weighted by Crippen LogP contribution is 2.14. The number of nitrogens with zero attached hydrogens (tertiary/aromatic N) is 1. The Bertz CT molecular complexity index is 117. The van der Waals surface area contributed by atoms with E-state index >= 15 is 0 Å². The van der Waals surface area contributed by atoms with E-state index in [1.807, 2.05) is 0 Å². The molecule has 0 aromatic carbocycles. The van der Waals surface area contributed by atoms with E-state index < -0.39 is 0 Å². The van der Waals surface area contributed by atoms with Gasteiger partial charge in [-0.1, -0.05) is 11.6 Å². The first-order valence-corrected chi connectivity index (χ1v) is 4.35. The molecule has 1 aliphatic carbocycles. The highest BCUT2D eigenvalue weighted by Gasteiger charge is 2.06. The molecule has 0 amide bonds. The molecule has 3 heteroatoms. The van der Waals surface area contributed by atoms with Gasteiger partial charge in [-0.25, -0.2) is 0 Å². The van der Waals surface area contributed by atoms with Crippen LogP contribution in [0.2, 0.25) is 0 Å². The fraction of sp³-hybridized carbons (Fsp3) is 0.857. The molecule has 0 unspecified atom stereocenters. The van der Waals surface area contributed by atoms with Crippen molar-refractivity contribution in [3.8, 4) is 0 Å². The second-order valence-electron chi connectivity index (χ2n) is 2.48. The summed E-state index contributed by atoms with van der Waals surface area (Å²) in [4.78, 5) is 4.83. The van der Waals surface area contributed by atoms with Gasteiger partial charge in [0.15, 0.2) is 5.94 Å². The van der Waals surface area contributed by atoms with E-state index in [4.69, 9.17) is 4.84 Å². The molecule has 0 atom stereocenters. The molecule has 0 aromatic rings. The van der Waals surface area contributed by atoms with Crippen molar-refractivity contribution in [3.05, 3.63) is 0 Å². The lowest BCUT2D eigenvalue weighted by Crippen LogP contribution is -2.04. The topological polar surface area (TPSA) is 21.6 Å². The van der Waals surface area contributed by atoms with Crippen LogP contribution in [-0.2, 0) is 4.84 Å². The van der Waals surface area contributed by atoms with E-state index in [-0.39, 0.29) is 0 Å². The Morgan fingerprint density at radius 3 is 2.60 bits per heavy atom. The first-order valence-electron chi connectivity index (χ1n) is 3.72. The number of hydrogen-bond acceptors (Lipinski definition) is 3. The first-order chi connectivity index (χ1) is 4.93. The summed E-state index contributed by atoms with van der Waals surface area (Å²) in [6.45, 7) is 0. The quantitative estimate of drug-likeness (QED) is 0.372. The Labute approximate surface area is 67.0 Å². The Morgan fingerprint density at radius 2 is 2.00 bits per heavy atom. The Morgan fingerprint density at radius 1 is 1.30 bits per heavy atom. The van der Waals surface area contributed by atoms with Crippen molar-refractivity contribution >= 4 is 18.3 Å². The van der Waals surface area contributed by atoms with Crippen molar-refractivity contribution in [2.75, 3.05) is 5.94 Å². The van der Waals surface area contributed by atoms with Crippen molar-refractivity contribution < 1.29 is 4.84 Å². The SMILES string of the molecule is SCON=C1CCCCC1. The molecule has 0 bridgehead atoms. The molecule has 0 radical (unpaired) electrons. The summed E-state index contributed by atoms with van der Waals surface area (Å²) in [5.74, 6) is 0.392. The summed E-state index contributed by atoms with van der Waals surface area (Å²) >= 11 is 3.89. The molecule has 0 N–H and O–H groups in total. The third-order valence-corrected chi connectivity index (χ3v) is 1.80. The monoisotopic (exact) mass is 159 g/mol. The van der Waals surface area contributed by atoms with Crippen LogP contribution in [0.4, 0.5) is 0 Å². The zero-order valence-corrected chi connectivity index (χ0v) is 6.94. The lowest BCUT2D eigenvalue weighted by Gasteiger charge is -2.10. The molecule has 0 heterocycles. The molecule has 58 valence electrons. The third kappa shape index (κ3) is 2.60. The molecular formula is C7H13NOS. The number of thiol groups is 1. The van der Waals surface area contributed by atoms with E-state index in [1.54, 1.807) is 0 Å². The predicted molar refractivity (Wildman–Crippen MR) is 45.5 cm³/mol. The van der Waals surface area contributed by atoms with Gasteiger partial charge < -0.3 is 4.84 Å². The Kier molecular flexibility index (Phi) is 3.65. The van der Waals surface area contributed by atoms with E-state index in [9.17, 15) is 0 Å². The predicted octanol–water partition coefficient (Wildman–Crippen LogP) is 2.21. The number of oxime groups is 1. The summed E-state index contributed by atoms with van der Waals surface area (Å²) in [6.07, 6.45) is 6.13. The summed E-state index contributed by atoms with van der Waals surface area (Å²) in [6, 6.07) is 0. The van der Waals surface area contributed by atoms with E-state index in [1.165, 1.54) is 25.0 Å². The maximum Gasteiger partial charge on any atom is 0.160 e. The van der Waals surface area contributed by atoms with E-state index in [2.05, 4.69) is 17.8 Å². The van der Waals surface area contributed by atoms with Crippen molar-refractivity contribution in [1.82, 2.24) is 0 Å². The molecule has 1 rings (SSSR count). The highest BCUT2D eigenvalue weighted by atomic mass is 32.1. The van der Waals surface area contributed by atoms with Crippen LogP contribution in [0.25, 0.3) is 0 Å². The molecule has 2 nitrogen and oxygen atoms in total. The molecule has 0 saturated heterocycles. The molecule has 1 saturated carbocycles. The van der Waals surface area contributed by atoms with Crippen molar-refractivity contribution in [3.63, 3.8) is 0 Å². The summed E-state index contributed by atoms with van der Waals surface area (Å²) in [7, 11) is 0. The Hall–Kier alpha value is -0.180. The zero-order chi connectivity index (χ0) is 7.23. The van der Waals surface area contributed by atoms with E-state index in [0.29, 0.717) is 5.94 Å². The maximum absolute atomic E-state index is 4.83. The smallest absolute Gasteiger partial charge is 0.160 e. The normalized spacial score (nSPS) is 18.7. The average Bonchev–Trinajstić information content (AvgIpc) is 2.03. The van der Waals surface area contributed by atoms with Crippen molar-refractivity contribution in [2.45, 2.75) is 32.1 Å². The fourth-order valence-electron chi connectivity index (χ4n) is 1.17. The second-order valence-corrected chi connectivity index (χ2v) is 2.73. The van der Waals surface area contributed by atoms with Gasteiger partial charge in [-0.05, 0) is 25.7 Å². The van der Waals surface area contributed by atoms with Crippen LogP contribution in [0.1, 0.15) is 32.1 Å². The molecule has 1 aliphatic rings. The maximum atomic E-state index is 4.83. The van der Waals surface area contributed by atoms with Gasteiger partial charge in [-0.3, -0.25) is 0 Å². The van der Waals surface area contributed by atoms with Gasteiger partial charge in [-0.15, -0.1) is 12.6 Å². The van der Waals surface area contributed by atoms with Gasteiger partial charge in [0.25, 0.3) is 0 Å². The van der Waals surface area contributed by atoms with Crippen LogP contribution < -0.4 is 0 Å². The molecule has 0 aromatic heterocycles. The minimum atomic E-state index is 0.392. The second kappa shape index (κ2) is 4.61. The van der Waals surface area contributed by atoms with Gasteiger partial charge in [0.2, 0.25) is 0 Å². The lowest BCUT2D eigenvalue weighted by molar-refractivity contribution is 0.195. The van der Waals surface area contributed by atoms with Gasteiger partial charge in [-0.2, -0.15) is 0 Å². The molecule has 0 aliphatic heterocycles. The highest BCUT2D eigenvalue weighted by molar-refractivity contribution is 7.80. The van der Waals surface area contributed by atoms with Crippen LogP contribution in [0.3, 0.4) is 0 Å². The largest absolute Gasteiger partial charge is 0.385 e. The molecular weight excluding hydrogens is 146 g/mol. The fourth-order valence-corrected chi connectivity index (χ4v) is 1.23. The molecule has 10 heavy (non-hydrogen) atoms. The lowest BCUT2D eigenvalue weighted by atomic mass is 9.99. The standard InChI is InChI=1S/C7H13NOS/c10-6-9-8-7-4-2-1-3-5-7/h10H,1-6H2. The zero-order valence-electron chi connectivity index (χ0n) is 6.05. The average molecular weight is 159 g/mol. The van der Waals surface area contributed by atoms with Gasteiger partial charge in [0.1, 0.15) is 0 Å². The van der Waals surface area contributed by atoms with Gasteiger partial charge in [0, 0.05) is 0 Å². The van der Waals surface area contributed by atoms with Gasteiger partial charge in [0.05, 0.1) is 5.71 Å². The van der Waals surface area contributed by atoms with Crippen molar-refractivity contribution in [2.24, 2.45) is 5.16 Å². The van der Waals surface area contributed by atoms with Gasteiger partial charge >= 0.3 is 0 Å². The number of rotatable bonds is 2. The molecule has 1 fully saturated rings. The summed E-state index contributed by atoms with van der Waals surface area (Å²) in [5.41, 5.74) is 1.21. The van der Waals surface area contributed by atoms with Crippen LogP contribution in [0, 0.1) is 0 Å². The first kappa shape index (κ1) is 7.92. The number of hydrogen-bond donors (Lipinski definition) is 1. The van der Waals surface area contributed by atoms with Crippen LogP contribution in [-0.4, -0.2) is 11.7 Å². The van der Waals surface area contributed by atoms with E-state index in [0.717, 1.165) is 12.8 Å². The van der Waals surface area contributed by atoms with Crippen LogP contribution in [0.5, 0.6) is 0 Å². The van der Waals surface area contributed by atoms with Crippen LogP contribution in [0.15, 0.2) is 5.16 Å². The minimum Gasteiger partial charge on any atom is -0.385 e. The minimum absolute atomic E-state index is 0.392. The Balaban J connectivity index is 2.23. The summed E-state index contributed by atoms with van der Waals surface area (Å²) in [5, 5.41) is 3.94. The third-order valence-electron chi connectivity index (χ3n) is 1.68.